The van der Waals surface area contributed by atoms with Crippen molar-refractivity contribution in [2.24, 2.45) is 5.41 Å². The zero-order valence-corrected chi connectivity index (χ0v) is 14.6. The lowest BCUT2D eigenvalue weighted by molar-refractivity contribution is -0.0483. The van der Waals surface area contributed by atoms with E-state index in [0.29, 0.717) is 10.6 Å². The SMILES string of the molecule is CC(C)Oc1ccc(S(=O)(=O)NC2CCC23CCOCC3)cc1. The van der Waals surface area contributed by atoms with Crippen molar-refractivity contribution >= 4 is 10.0 Å². The number of sulfonamides is 1. The summed E-state index contributed by atoms with van der Waals surface area (Å²) in [6, 6.07) is 6.66. The molecule has 1 unspecified atom stereocenters. The summed E-state index contributed by atoms with van der Waals surface area (Å²) in [7, 11) is -3.49. The monoisotopic (exact) mass is 339 g/mol. The maximum Gasteiger partial charge on any atom is 0.240 e. The van der Waals surface area contributed by atoms with Crippen molar-refractivity contribution in [2.45, 2.75) is 56.6 Å². The molecular formula is C17H25NO4S. The fraction of sp³-hybridized carbons (Fsp3) is 0.647. The molecule has 2 fully saturated rings. The van der Waals surface area contributed by atoms with Gasteiger partial charge in [0, 0.05) is 19.3 Å². The van der Waals surface area contributed by atoms with Gasteiger partial charge in [0.2, 0.25) is 10.0 Å². The van der Waals surface area contributed by atoms with E-state index < -0.39 is 10.0 Å². The molecule has 1 heterocycles. The van der Waals surface area contributed by atoms with Gasteiger partial charge in [0.1, 0.15) is 5.75 Å². The minimum absolute atomic E-state index is 0.0305. The van der Waals surface area contributed by atoms with Crippen molar-refractivity contribution in [3.63, 3.8) is 0 Å². The number of hydrogen-bond donors (Lipinski definition) is 1. The molecule has 1 aromatic rings. The molecule has 23 heavy (non-hydrogen) atoms. The molecule has 5 nitrogen and oxygen atoms in total. The van der Waals surface area contributed by atoms with Crippen LogP contribution >= 0.6 is 0 Å². The lowest BCUT2D eigenvalue weighted by Gasteiger charge is -2.51. The van der Waals surface area contributed by atoms with Gasteiger partial charge < -0.3 is 9.47 Å². The third kappa shape index (κ3) is 3.54. The van der Waals surface area contributed by atoms with E-state index in [1.807, 2.05) is 13.8 Å². The maximum absolute atomic E-state index is 12.6. The van der Waals surface area contributed by atoms with Gasteiger partial charge in [0.15, 0.2) is 0 Å². The molecule has 3 rings (SSSR count). The normalized spacial score (nSPS) is 23.7. The van der Waals surface area contributed by atoms with Crippen LogP contribution in [0.4, 0.5) is 0 Å². The van der Waals surface area contributed by atoms with E-state index in [0.717, 1.165) is 38.9 Å². The first kappa shape index (κ1) is 16.7. The second-order valence-electron chi connectivity index (χ2n) is 6.83. The minimum Gasteiger partial charge on any atom is -0.491 e. The van der Waals surface area contributed by atoms with E-state index in [2.05, 4.69) is 4.72 Å². The lowest BCUT2D eigenvalue weighted by atomic mass is 9.60. The van der Waals surface area contributed by atoms with Gasteiger partial charge in [0.05, 0.1) is 11.0 Å². The van der Waals surface area contributed by atoms with Crippen molar-refractivity contribution < 1.29 is 17.9 Å². The number of ether oxygens (including phenoxy) is 2. The molecule has 1 atom stereocenters. The Kier molecular flexibility index (Phi) is 4.67. The molecule has 1 aliphatic heterocycles. The molecule has 0 aromatic heterocycles. The fourth-order valence-electron chi connectivity index (χ4n) is 3.48. The maximum atomic E-state index is 12.6. The predicted octanol–water partition coefficient (Wildman–Crippen LogP) is 2.71. The molecule has 1 aliphatic carbocycles. The van der Waals surface area contributed by atoms with Gasteiger partial charge in [-0.05, 0) is 69.2 Å². The third-order valence-corrected chi connectivity index (χ3v) is 6.45. The van der Waals surface area contributed by atoms with Crippen LogP contribution in [0.3, 0.4) is 0 Å². The molecule has 1 N–H and O–H groups in total. The Labute approximate surface area is 138 Å². The molecule has 0 bridgehead atoms. The van der Waals surface area contributed by atoms with E-state index in [1.165, 1.54) is 0 Å². The average molecular weight is 339 g/mol. The molecule has 0 amide bonds. The van der Waals surface area contributed by atoms with Gasteiger partial charge >= 0.3 is 0 Å². The Bertz CT molecular complexity index is 633. The van der Waals surface area contributed by atoms with Crippen molar-refractivity contribution in [2.75, 3.05) is 13.2 Å². The summed E-state index contributed by atoms with van der Waals surface area (Å²) in [5.74, 6) is 0.684. The molecule has 1 spiro atoms. The average Bonchev–Trinajstić information content (AvgIpc) is 2.52. The Hall–Kier alpha value is -1.11. The molecule has 0 radical (unpaired) electrons. The van der Waals surface area contributed by atoms with Crippen LogP contribution in [0, 0.1) is 5.41 Å². The standard InChI is InChI=1S/C17H25NO4S/c1-13(2)22-14-3-5-15(6-4-14)23(19,20)18-16-7-8-17(16)9-11-21-12-10-17/h3-6,13,16,18H,7-12H2,1-2H3. The molecule has 2 aliphatic rings. The van der Waals surface area contributed by atoms with Crippen LogP contribution in [-0.4, -0.2) is 33.8 Å². The van der Waals surface area contributed by atoms with Crippen LogP contribution in [-0.2, 0) is 14.8 Å². The molecule has 6 heteroatoms. The van der Waals surface area contributed by atoms with E-state index in [9.17, 15) is 8.42 Å². The largest absolute Gasteiger partial charge is 0.491 e. The van der Waals surface area contributed by atoms with E-state index in [4.69, 9.17) is 9.47 Å². The zero-order valence-electron chi connectivity index (χ0n) is 13.7. The van der Waals surface area contributed by atoms with Gasteiger partial charge in [0.25, 0.3) is 0 Å². The fourth-order valence-corrected chi connectivity index (χ4v) is 4.85. The first-order chi connectivity index (χ1) is 10.9. The van der Waals surface area contributed by atoms with Gasteiger partial charge in [-0.1, -0.05) is 0 Å². The Morgan fingerprint density at radius 2 is 1.83 bits per heavy atom. The Morgan fingerprint density at radius 3 is 2.35 bits per heavy atom. The van der Waals surface area contributed by atoms with Crippen LogP contribution in [0.1, 0.15) is 39.5 Å². The molecule has 1 saturated heterocycles. The molecular weight excluding hydrogens is 314 g/mol. The molecule has 128 valence electrons. The lowest BCUT2D eigenvalue weighted by Crippen LogP contribution is -2.57. The number of rotatable bonds is 5. The molecule has 1 saturated carbocycles. The van der Waals surface area contributed by atoms with Crippen molar-refractivity contribution in [1.29, 1.82) is 0 Å². The van der Waals surface area contributed by atoms with Crippen molar-refractivity contribution in [3.8, 4) is 5.75 Å². The van der Waals surface area contributed by atoms with Crippen LogP contribution in [0.25, 0.3) is 0 Å². The Balaban J connectivity index is 1.69. The smallest absolute Gasteiger partial charge is 0.240 e. The highest BCUT2D eigenvalue weighted by molar-refractivity contribution is 7.89. The summed E-state index contributed by atoms with van der Waals surface area (Å²) in [6.07, 6.45) is 3.96. The summed E-state index contributed by atoms with van der Waals surface area (Å²) in [5.41, 5.74) is 0.103. The second-order valence-corrected chi connectivity index (χ2v) is 8.54. The number of nitrogens with one attached hydrogen (secondary N) is 1. The van der Waals surface area contributed by atoms with E-state index >= 15 is 0 Å². The van der Waals surface area contributed by atoms with Crippen molar-refractivity contribution in [1.82, 2.24) is 4.72 Å². The first-order valence-electron chi connectivity index (χ1n) is 8.28. The van der Waals surface area contributed by atoms with Gasteiger partial charge in [-0.3, -0.25) is 0 Å². The highest BCUT2D eigenvalue weighted by Crippen LogP contribution is 2.49. The zero-order chi connectivity index (χ0) is 16.5. The summed E-state index contributed by atoms with van der Waals surface area (Å²) < 4.78 is 39.1. The van der Waals surface area contributed by atoms with E-state index in [-0.39, 0.29) is 17.6 Å². The molecule has 1 aromatic carbocycles. The minimum atomic E-state index is -3.49. The van der Waals surface area contributed by atoms with Crippen LogP contribution in [0.15, 0.2) is 29.2 Å². The summed E-state index contributed by atoms with van der Waals surface area (Å²) in [4.78, 5) is 0.294. The van der Waals surface area contributed by atoms with Gasteiger partial charge in [-0.2, -0.15) is 0 Å². The summed E-state index contributed by atoms with van der Waals surface area (Å²) in [6.45, 7) is 5.35. The third-order valence-electron chi connectivity index (χ3n) is 4.96. The Morgan fingerprint density at radius 1 is 1.17 bits per heavy atom. The summed E-state index contributed by atoms with van der Waals surface area (Å²) >= 11 is 0. The van der Waals surface area contributed by atoms with Crippen molar-refractivity contribution in [3.05, 3.63) is 24.3 Å². The number of hydrogen-bond acceptors (Lipinski definition) is 4. The predicted molar refractivity (Wildman–Crippen MR) is 88.0 cm³/mol. The number of benzene rings is 1. The van der Waals surface area contributed by atoms with Crippen LogP contribution in [0.2, 0.25) is 0 Å². The van der Waals surface area contributed by atoms with Crippen LogP contribution < -0.4 is 9.46 Å². The highest BCUT2D eigenvalue weighted by atomic mass is 32.2. The second kappa shape index (κ2) is 6.42. The topological polar surface area (TPSA) is 64.6 Å². The van der Waals surface area contributed by atoms with Gasteiger partial charge in [-0.25, -0.2) is 13.1 Å². The van der Waals surface area contributed by atoms with E-state index in [1.54, 1.807) is 24.3 Å². The highest BCUT2D eigenvalue weighted by Gasteiger charge is 2.48. The summed E-state index contributed by atoms with van der Waals surface area (Å²) in [5, 5.41) is 0. The van der Waals surface area contributed by atoms with Gasteiger partial charge in [-0.15, -0.1) is 0 Å². The first-order valence-corrected chi connectivity index (χ1v) is 9.76. The quantitative estimate of drug-likeness (QED) is 0.896. The van der Waals surface area contributed by atoms with Crippen LogP contribution in [0.5, 0.6) is 5.75 Å².